The van der Waals surface area contributed by atoms with Crippen molar-refractivity contribution < 1.29 is 9.53 Å². The molecule has 1 aliphatic rings. The number of benzene rings is 1. The molecule has 1 aliphatic heterocycles. The topological polar surface area (TPSA) is 51.2 Å². The van der Waals surface area contributed by atoms with Gasteiger partial charge < -0.3 is 10.1 Å². The minimum absolute atomic E-state index is 0.0406. The van der Waals surface area contributed by atoms with Gasteiger partial charge in [0.15, 0.2) is 0 Å². The Morgan fingerprint density at radius 2 is 2.00 bits per heavy atom. The minimum Gasteiger partial charge on any atom is -0.373 e. The van der Waals surface area contributed by atoms with Gasteiger partial charge in [-0.15, -0.1) is 0 Å². The summed E-state index contributed by atoms with van der Waals surface area (Å²) in [6.07, 6.45) is 4.33. The second kappa shape index (κ2) is 8.26. The lowest BCUT2D eigenvalue weighted by Gasteiger charge is -2.32. The standard InChI is InChI=1S/C21H26N2O2/c1-15-5-9-18(10-6-15)21-19(4-3-11-25-21)14-23-20(24)12-17-8-7-16(2)22-13-17/h5-10,13,19,21H,3-4,11-12,14H2,1-2H3,(H,23,24). The number of hydrogen-bond donors (Lipinski definition) is 1. The first kappa shape index (κ1) is 17.6. The Balaban J connectivity index is 1.57. The zero-order chi connectivity index (χ0) is 17.6. The lowest BCUT2D eigenvalue weighted by Crippen LogP contribution is -2.35. The fourth-order valence-electron chi connectivity index (χ4n) is 3.27. The molecule has 4 nitrogen and oxygen atoms in total. The van der Waals surface area contributed by atoms with E-state index < -0.39 is 0 Å². The maximum Gasteiger partial charge on any atom is 0.224 e. The van der Waals surface area contributed by atoms with Gasteiger partial charge in [-0.3, -0.25) is 9.78 Å². The first-order valence-corrected chi connectivity index (χ1v) is 8.98. The Morgan fingerprint density at radius 3 is 2.72 bits per heavy atom. The van der Waals surface area contributed by atoms with Crippen LogP contribution in [-0.2, 0) is 16.0 Å². The van der Waals surface area contributed by atoms with E-state index in [2.05, 4.69) is 41.5 Å². The third-order valence-corrected chi connectivity index (χ3v) is 4.75. The normalized spacial score (nSPS) is 20.2. The van der Waals surface area contributed by atoms with E-state index in [1.807, 2.05) is 19.1 Å². The van der Waals surface area contributed by atoms with Crippen LogP contribution in [0.1, 0.15) is 41.3 Å². The second-order valence-electron chi connectivity index (χ2n) is 6.89. The number of aromatic nitrogens is 1. The van der Waals surface area contributed by atoms with Gasteiger partial charge in [0, 0.05) is 31.0 Å². The molecule has 0 saturated carbocycles. The number of carbonyl (C=O) groups excluding carboxylic acids is 1. The predicted octanol–water partition coefficient (Wildman–Crippen LogP) is 3.53. The molecule has 2 atom stereocenters. The molecule has 1 fully saturated rings. The molecule has 4 heteroatoms. The zero-order valence-corrected chi connectivity index (χ0v) is 15.0. The highest BCUT2D eigenvalue weighted by Crippen LogP contribution is 2.33. The van der Waals surface area contributed by atoms with Crippen molar-refractivity contribution in [3.63, 3.8) is 0 Å². The fraction of sp³-hybridized carbons (Fsp3) is 0.429. The average molecular weight is 338 g/mol. The van der Waals surface area contributed by atoms with E-state index in [0.29, 0.717) is 18.9 Å². The molecule has 0 bridgehead atoms. The molecular weight excluding hydrogens is 312 g/mol. The Kier molecular flexibility index (Phi) is 5.82. The molecule has 0 spiro atoms. The van der Waals surface area contributed by atoms with E-state index in [1.54, 1.807) is 6.20 Å². The smallest absolute Gasteiger partial charge is 0.224 e. The highest BCUT2D eigenvalue weighted by atomic mass is 16.5. The summed E-state index contributed by atoms with van der Waals surface area (Å²) in [4.78, 5) is 16.5. The molecular formula is C21H26N2O2. The monoisotopic (exact) mass is 338 g/mol. The summed E-state index contributed by atoms with van der Waals surface area (Å²) < 4.78 is 6.02. The third-order valence-electron chi connectivity index (χ3n) is 4.75. The molecule has 3 rings (SSSR count). The third kappa shape index (κ3) is 4.89. The quantitative estimate of drug-likeness (QED) is 0.907. The van der Waals surface area contributed by atoms with Crippen LogP contribution in [0.3, 0.4) is 0 Å². The van der Waals surface area contributed by atoms with Gasteiger partial charge in [0.05, 0.1) is 12.5 Å². The lowest BCUT2D eigenvalue weighted by molar-refractivity contribution is -0.121. The summed E-state index contributed by atoms with van der Waals surface area (Å²) in [7, 11) is 0. The summed E-state index contributed by atoms with van der Waals surface area (Å²) in [5.74, 6) is 0.357. The number of pyridine rings is 1. The van der Waals surface area contributed by atoms with Crippen LogP contribution in [0.5, 0.6) is 0 Å². The van der Waals surface area contributed by atoms with Gasteiger partial charge in [0.25, 0.3) is 0 Å². The molecule has 1 aromatic heterocycles. The number of ether oxygens (including phenoxy) is 1. The van der Waals surface area contributed by atoms with Crippen molar-refractivity contribution in [1.82, 2.24) is 10.3 Å². The summed E-state index contributed by atoms with van der Waals surface area (Å²) in [5, 5.41) is 3.08. The van der Waals surface area contributed by atoms with Crippen molar-refractivity contribution in [3.8, 4) is 0 Å². The van der Waals surface area contributed by atoms with E-state index in [9.17, 15) is 4.79 Å². The summed E-state index contributed by atoms with van der Waals surface area (Å²) in [6, 6.07) is 12.4. The maximum absolute atomic E-state index is 12.2. The number of nitrogens with zero attached hydrogens (tertiary/aromatic N) is 1. The van der Waals surface area contributed by atoms with Crippen LogP contribution >= 0.6 is 0 Å². The fourth-order valence-corrected chi connectivity index (χ4v) is 3.27. The molecule has 1 N–H and O–H groups in total. The molecule has 1 saturated heterocycles. The van der Waals surface area contributed by atoms with Crippen LogP contribution in [0.4, 0.5) is 0 Å². The summed E-state index contributed by atoms with van der Waals surface area (Å²) in [6.45, 7) is 5.47. The van der Waals surface area contributed by atoms with Gasteiger partial charge in [-0.1, -0.05) is 35.9 Å². The van der Waals surface area contributed by atoms with Crippen LogP contribution in [0.15, 0.2) is 42.6 Å². The maximum atomic E-state index is 12.2. The van der Waals surface area contributed by atoms with E-state index in [1.165, 1.54) is 11.1 Å². The van der Waals surface area contributed by atoms with E-state index in [0.717, 1.165) is 30.7 Å². The molecule has 0 radical (unpaired) electrons. The van der Waals surface area contributed by atoms with Crippen LogP contribution in [0.25, 0.3) is 0 Å². The number of hydrogen-bond acceptors (Lipinski definition) is 3. The Labute approximate surface area is 149 Å². The highest BCUT2D eigenvalue weighted by molar-refractivity contribution is 5.78. The van der Waals surface area contributed by atoms with Gasteiger partial charge in [-0.25, -0.2) is 0 Å². The number of amides is 1. The highest BCUT2D eigenvalue weighted by Gasteiger charge is 2.27. The number of nitrogens with one attached hydrogen (secondary N) is 1. The van der Waals surface area contributed by atoms with Gasteiger partial charge in [-0.2, -0.15) is 0 Å². The van der Waals surface area contributed by atoms with Crippen molar-refractivity contribution >= 4 is 5.91 Å². The number of aryl methyl sites for hydroxylation is 2. The molecule has 1 amide bonds. The van der Waals surface area contributed by atoms with Crippen LogP contribution in [0, 0.1) is 19.8 Å². The van der Waals surface area contributed by atoms with E-state index >= 15 is 0 Å². The predicted molar refractivity (Wildman–Crippen MR) is 98.3 cm³/mol. The van der Waals surface area contributed by atoms with Crippen molar-refractivity contribution in [2.45, 2.75) is 39.2 Å². The Bertz CT molecular complexity index is 695. The van der Waals surface area contributed by atoms with Gasteiger partial charge >= 0.3 is 0 Å². The lowest BCUT2D eigenvalue weighted by atomic mass is 9.89. The first-order chi connectivity index (χ1) is 12.1. The molecule has 0 aliphatic carbocycles. The molecule has 2 aromatic rings. The molecule has 25 heavy (non-hydrogen) atoms. The van der Waals surface area contributed by atoms with E-state index in [4.69, 9.17) is 4.74 Å². The van der Waals surface area contributed by atoms with Gasteiger partial charge in [0.2, 0.25) is 5.91 Å². The van der Waals surface area contributed by atoms with Crippen LogP contribution < -0.4 is 5.32 Å². The Hall–Kier alpha value is -2.20. The average Bonchev–Trinajstić information content (AvgIpc) is 2.63. The van der Waals surface area contributed by atoms with Crippen LogP contribution in [-0.4, -0.2) is 24.0 Å². The van der Waals surface area contributed by atoms with Gasteiger partial charge in [-0.05, 0) is 43.9 Å². The minimum atomic E-state index is 0.0406. The molecule has 1 aromatic carbocycles. The van der Waals surface area contributed by atoms with Crippen molar-refractivity contribution in [2.75, 3.05) is 13.2 Å². The van der Waals surface area contributed by atoms with Gasteiger partial charge in [0.1, 0.15) is 0 Å². The largest absolute Gasteiger partial charge is 0.373 e. The molecule has 132 valence electrons. The SMILES string of the molecule is Cc1ccc(C2OCCCC2CNC(=O)Cc2ccc(C)nc2)cc1. The molecule has 2 unspecified atom stereocenters. The summed E-state index contributed by atoms with van der Waals surface area (Å²) >= 11 is 0. The first-order valence-electron chi connectivity index (χ1n) is 8.98. The van der Waals surface area contributed by atoms with Crippen molar-refractivity contribution in [3.05, 3.63) is 65.0 Å². The number of rotatable bonds is 5. The number of carbonyl (C=O) groups is 1. The molecule has 2 heterocycles. The summed E-state index contributed by atoms with van der Waals surface area (Å²) in [5.41, 5.74) is 4.35. The van der Waals surface area contributed by atoms with E-state index in [-0.39, 0.29) is 12.0 Å². The second-order valence-corrected chi connectivity index (χ2v) is 6.89. The van der Waals surface area contributed by atoms with Crippen LogP contribution in [0.2, 0.25) is 0 Å². The Morgan fingerprint density at radius 1 is 1.20 bits per heavy atom. The van der Waals surface area contributed by atoms with Crippen molar-refractivity contribution in [2.24, 2.45) is 5.92 Å². The zero-order valence-electron chi connectivity index (χ0n) is 15.0. The van der Waals surface area contributed by atoms with Crippen molar-refractivity contribution in [1.29, 1.82) is 0 Å².